The SMILES string of the molecule is CCCCOc1ccc(OCCNC(=O)[C@H]2CCC(=O)N2)cc1. The molecule has 0 unspecified atom stereocenters. The van der Waals surface area contributed by atoms with Crippen LogP contribution in [0.2, 0.25) is 0 Å². The van der Waals surface area contributed by atoms with E-state index in [1.54, 1.807) is 0 Å². The lowest BCUT2D eigenvalue weighted by Crippen LogP contribution is -2.42. The van der Waals surface area contributed by atoms with Gasteiger partial charge in [-0.2, -0.15) is 0 Å². The van der Waals surface area contributed by atoms with Crippen LogP contribution in [0.3, 0.4) is 0 Å². The first kappa shape index (κ1) is 17.1. The number of benzene rings is 1. The number of ether oxygens (including phenoxy) is 2. The maximum absolute atomic E-state index is 11.8. The highest BCUT2D eigenvalue weighted by Crippen LogP contribution is 2.17. The quantitative estimate of drug-likeness (QED) is 0.678. The van der Waals surface area contributed by atoms with Gasteiger partial charge in [-0.15, -0.1) is 0 Å². The van der Waals surface area contributed by atoms with Crippen molar-refractivity contribution in [1.82, 2.24) is 10.6 Å². The highest BCUT2D eigenvalue weighted by atomic mass is 16.5. The van der Waals surface area contributed by atoms with Gasteiger partial charge in [0.2, 0.25) is 11.8 Å². The largest absolute Gasteiger partial charge is 0.494 e. The summed E-state index contributed by atoms with van der Waals surface area (Å²) in [6.07, 6.45) is 3.13. The van der Waals surface area contributed by atoms with E-state index in [4.69, 9.17) is 9.47 Å². The van der Waals surface area contributed by atoms with Crippen LogP contribution in [0, 0.1) is 0 Å². The molecule has 1 aromatic rings. The number of unbranched alkanes of at least 4 members (excludes halogenated alkanes) is 1. The van der Waals surface area contributed by atoms with Gasteiger partial charge in [-0.3, -0.25) is 9.59 Å². The molecule has 0 radical (unpaired) electrons. The fourth-order valence-corrected chi connectivity index (χ4v) is 2.24. The molecule has 1 aliphatic rings. The molecule has 0 bridgehead atoms. The second-order valence-corrected chi connectivity index (χ2v) is 5.47. The van der Waals surface area contributed by atoms with Crippen LogP contribution in [0.15, 0.2) is 24.3 Å². The number of carbonyl (C=O) groups is 2. The van der Waals surface area contributed by atoms with E-state index in [1.165, 1.54) is 0 Å². The highest BCUT2D eigenvalue weighted by molar-refractivity contribution is 5.90. The average Bonchev–Trinajstić information content (AvgIpc) is 2.99. The summed E-state index contributed by atoms with van der Waals surface area (Å²) in [7, 11) is 0. The van der Waals surface area contributed by atoms with Crippen LogP contribution >= 0.6 is 0 Å². The Balaban J connectivity index is 1.62. The van der Waals surface area contributed by atoms with E-state index in [2.05, 4.69) is 17.6 Å². The third-order valence-corrected chi connectivity index (χ3v) is 3.57. The maximum atomic E-state index is 11.8. The molecule has 2 N–H and O–H groups in total. The summed E-state index contributed by atoms with van der Waals surface area (Å²) in [5.74, 6) is 1.34. The van der Waals surface area contributed by atoms with E-state index >= 15 is 0 Å². The van der Waals surface area contributed by atoms with E-state index in [9.17, 15) is 9.59 Å². The fraction of sp³-hybridized carbons (Fsp3) is 0.529. The second-order valence-electron chi connectivity index (χ2n) is 5.47. The number of carbonyl (C=O) groups excluding carboxylic acids is 2. The lowest BCUT2D eigenvalue weighted by Gasteiger charge is -2.12. The Bertz CT molecular complexity index is 516. The monoisotopic (exact) mass is 320 g/mol. The molecule has 1 fully saturated rings. The van der Waals surface area contributed by atoms with Crippen molar-refractivity contribution in [3.63, 3.8) is 0 Å². The average molecular weight is 320 g/mol. The Kier molecular flexibility index (Phi) is 6.72. The van der Waals surface area contributed by atoms with Gasteiger partial charge >= 0.3 is 0 Å². The highest BCUT2D eigenvalue weighted by Gasteiger charge is 2.26. The summed E-state index contributed by atoms with van der Waals surface area (Å²) in [6.45, 7) is 3.63. The number of rotatable bonds is 9. The van der Waals surface area contributed by atoms with Gasteiger partial charge in [0.15, 0.2) is 0 Å². The minimum absolute atomic E-state index is 0.0670. The molecule has 126 valence electrons. The van der Waals surface area contributed by atoms with E-state index in [0.29, 0.717) is 26.0 Å². The van der Waals surface area contributed by atoms with Crippen molar-refractivity contribution >= 4 is 11.8 Å². The van der Waals surface area contributed by atoms with Crippen molar-refractivity contribution in [2.75, 3.05) is 19.8 Å². The summed E-state index contributed by atoms with van der Waals surface area (Å²) in [5, 5.41) is 5.39. The summed E-state index contributed by atoms with van der Waals surface area (Å²) in [5.41, 5.74) is 0. The zero-order valence-corrected chi connectivity index (χ0v) is 13.5. The molecule has 1 aliphatic heterocycles. The van der Waals surface area contributed by atoms with Crippen LogP contribution < -0.4 is 20.1 Å². The molecule has 0 aromatic heterocycles. The number of hydrogen-bond donors (Lipinski definition) is 2. The molecule has 6 nitrogen and oxygen atoms in total. The van der Waals surface area contributed by atoms with Crippen LogP contribution in [-0.4, -0.2) is 37.6 Å². The van der Waals surface area contributed by atoms with Crippen molar-refractivity contribution < 1.29 is 19.1 Å². The van der Waals surface area contributed by atoms with Gasteiger partial charge in [-0.1, -0.05) is 13.3 Å². The molecule has 1 atom stereocenters. The molecule has 23 heavy (non-hydrogen) atoms. The molecular weight excluding hydrogens is 296 g/mol. The van der Waals surface area contributed by atoms with Crippen LogP contribution in [0.5, 0.6) is 11.5 Å². The smallest absolute Gasteiger partial charge is 0.242 e. The molecule has 1 aromatic carbocycles. The predicted molar refractivity (Wildman–Crippen MR) is 86.5 cm³/mol. The number of amides is 2. The summed E-state index contributed by atoms with van der Waals surface area (Å²) >= 11 is 0. The molecule has 0 aliphatic carbocycles. The standard InChI is InChI=1S/C17H24N2O4/c1-2-3-11-22-13-4-6-14(7-5-13)23-12-10-18-17(21)15-8-9-16(20)19-15/h4-7,15H,2-3,8-12H2,1H3,(H,18,21)(H,19,20)/t15-/m1/s1. The van der Waals surface area contributed by atoms with Gasteiger partial charge in [0.1, 0.15) is 24.1 Å². The first-order valence-electron chi connectivity index (χ1n) is 8.12. The lowest BCUT2D eigenvalue weighted by molar-refractivity contribution is -0.125. The third-order valence-electron chi connectivity index (χ3n) is 3.57. The minimum atomic E-state index is -0.401. The van der Waals surface area contributed by atoms with Gasteiger partial charge < -0.3 is 20.1 Å². The topological polar surface area (TPSA) is 76.7 Å². The number of nitrogens with one attached hydrogen (secondary N) is 2. The van der Waals surface area contributed by atoms with Gasteiger partial charge in [0.05, 0.1) is 13.2 Å². The molecule has 0 saturated carbocycles. The fourth-order valence-electron chi connectivity index (χ4n) is 2.24. The number of hydrogen-bond acceptors (Lipinski definition) is 4. The zero-order valence-electron chi connectivity index (χ0n) is 13.5. The van der Waals surface area contributed by atoms with Crippen molar-refractivity contribution in [3.8, 4) is 11.5 Å². The van der Waals surface area contributed by atoms with Crippen molar-refractivity contribution in [2.24, 2.45) is 0 Å². The Labute approximate surface area is 136 Å². The molecule has 2 amide bonds. The van der Waals surface area contributed by atoms with Gasteiger partial charge in [-0.05, 0) is 37.1 Å². The van der Waals surface area contributed by atoms with Crippen molar-refractivity contribution in [1.29, 1.82) is 0 Å². The Hall–Kier alpha value is -2.24. The van der Waals surface area contributed by atoms with E-state index in [-0.39, 0.29) is 11.8 Å². The van der Waals surface area contributed by atoms with Crippen LogP contribution in [0.25, 0.3) is 0 Å². The van der Waals surface area contributed by atoms with Gasteiger partial charge in [-0.25, -0.2) is 0 Å². The predicted octanol–water partition coefficient (Wildman–Crippen LogP) is 1.64. The maximum Gasteiger partial charge on any atom is 0.242 e. The van der Waals surface area contributed by atoms with E-state index in [1.807, 2.05) is 24.3 Å². The van der Waals surface area contributed by atoms with Crippen molar-refractivity contribution in [3.05, 3.63) is 24.3 Å². The molecular formula is C17H24N2O4. The first-order chi connectivity index (χ1) is 11.2. The minimum Gasteiger partial charge on any atom is -0.494 e. The Morgan fingerprint density at radius 2 is 1.87 bits per heavy atom. The lowest BCUT2D eigenvalue weighted by atomic mass is 10.2. The normalized spacial score (nSPS) is 16.7. The third kappa shape index (κ3) is 5.81. The van der Waals surface area contributed by atoms with E-state index in [0.717, 1.165) is 30.9 Å². The Morgan fingerprint density at radius 3 is 2.43 bits per heavy atom. The first-order valence-corrected chi connectivity index (χ1v) is 8.12. The van der Waals surface area contributed by atoms with Gasteiger partial charge in [0, 0.05) is 6.42 Å². The Morgan fingerprint density at radius 1 is 1.22 bits per heavy atom. The van der Waals surface area contributed by atoms with Gasteiger partial charge in [0.25, 0.3) is 0 Å². The summed E-state index contributed by atoms with van der Waals surface area (Å²) in [4.78, 5) is 22.8. The molecule has 6 heteroatoms. The molecule has 2 rings (SSSR count). The summed E-state index contributed by atoms with van der Waals surface area (Å²) in [6, 6.07) is 7.04. The van der Waals surface area contributed by atoms with Crippen LogP contribution in [0.4, 0.5) is 0 Å². The van der Waals surface area contributed by atoms with Crippen LogP contribution in [0.1, 0.15) is 32.6 Å². The molecule has 1 saturated heterocycles. The summed E-state index contributed by atoms with van der Waals surface area (Å²) < 4.78 is 11.1. The molecule has 1 heterocycles. The second kappa shape index (κ2) is 9.02. The molecule has 0 spiro atoms. The zero-order chi connectivity index (χ0) is 16.5. The van der Waals surface area contributed by atoms with Crippen LogP contribution in [-0.2, 0) is 9.59 Å². The van der Waals surface area contributed by atoms with Crippen molar-refractivity contribution in [2.45, 2.75) is 38.6 Å². The van der Waals surface area contributed by atoms with E-state index < -0.39 is 6.04 Å².